The molecule has 11 saturated carbocycles. The van der Waals surface area contributed by atoms with Gasteiger partial charge >= 0.3 is 23.9 Å². The second-order valence-electron chi connectivity index (χ2n) is 44.2. The minimum atomic E-state index is -4.30. The second-order valence-corrected chi connectivity index (χ2v) is 51.0. The molecule has 1 saturated heterocycles. The average molecular weight is 2040 g/mol. The zero-order valence-electron chi connectivity index (χ0n) is 88.4. The number of aryl methyl sites for hydroxylation is 2. The van der Waals surface area contributed by atoms with Crippen LogP contribution in [0.5, 0.6) is 23.0 Å². The summed E-state index contributed by atoms with van der Waals surface area (Å²) >= 11 is 0. The topological polar surface area (TPSA) is 275 Å². The second kappa shape index (κ2) is 50.3. The monoisotopic (exact) mass is 2040 g/mol. The molecule has 0 aromatic heterocycles. The largest absolute Gasteiger partial charge is 0.744 e. The highest BCUT2D eigenvalue weighted by molar-refractivity contribution is 7.97. The molecule has 12 fully saturated rings. The van der Waals surface area contributed by atoms with Gasteiger partial charge < -0.3 is 56.5 Å². The number of carbonyl (C=O) groups excluding carboxylic acids is 4. The fraction of sp³-hybridized carbons (Fsp3) is 0.563. The number of fused-ring (bicyclic) bond motifs is 1. The number of esters is 4. The van der Waals surface area contributed by atoms with E-state index in [9.17, 15) is 45.1 Å². The van der Waals surface area contributed by atoms with Gasteiger partial charge in [0.1, 0.15) is 55.4 Å². The zero-order chi connectivity index (χ0) is 104. The molecule has 20 nitrogen and oxygen atoms in total. The summed E-state index contributed by atoms with van der Waals surface area (Å²) in [5.41, 5.74) is 3.82. The van der Waals surface area contributed by atoms with Crippen molar-refractivity contribution in [3.05, 3.63) is 216 Å². The molecule has 11 aliphatic carbocycles. The van der Waals surface area contributed by atoms with Crippen molar-refractivity contribution in [3.63, 3.8) is 0 Å². The molecular formula is C119H160O20S4. The van der Waals surface area contributed by atoms with Crippen molar-refractivity contribution in [2.75, 3.05) is 42.2 Å². The lowest BCUT2D eigenvalue weighted by molar-refractivity contribution is -0.253. The predicted octanol–water partition coefficient (Wildman–Crippen LogP) is 27.0. The van der Waals surface area contributed by atoms with Gasteiger partial charge in [-0.1, -0.05) is 141 Å². The molecule has 780 valence electrons. The van der Waals surface area contributed by atoms with Gasteiger partial charge in [0.2, 0.25) is 12.6 Å². The van der Waals surface area contributed by atoms with E-state index in [0.717, 1.165) is 128 Å². The maximum absolute atomic E-state index is 12.9. The molecule has 9 unspecified atom stereocenters. The number of rotatable bonds is 32. The Kier molecular flexibility index (Phi) is 39.8. The number of hydrogen-bond donors (Lipinski definition) is 0. The lowest BCUT2D eigenvalue weighted by atomic mass is 9.49. The van der Waals surface area contributed by atoms with Crippen LogP contribution in [0.25, 0.3) is 0 Å². The van der Waals surface area contributed by atoms with Gasteiger partial charge in [-0.15, -0.1) is 0 Å². The Hall–Kier alpha value is -8.72. The van der Waals surface area contributed by atoms with Crippen molar-refractivity contribution in [1.29, 1.82) is 0 Å². The van der Waals surface area contributed by atoms with E-state index < -0.39 is 36.5 Å². The minimum Gasteiger partial charge on any atom is -0.744 e. The van der Waals surface area contributed by atoms with Gasteiger partial charge in [0.15, 0.2) is 29.4 Å². The molecule has 0 N–H and O–H groups in total. The highest BCUT2D eigenvalue weighted by atomic mass is 32.2. The third kappa shape index (κ3) is 29.7. The molecule has 143 heavy (non-hydrogen) atoms. The first kappa shape index (κ1) is 113. The third-order valence-corrected chi connectivity index (χ3v) is 38.5. The van der Waals surface area contributed by atoms with Crippen molar-refractivity contribution in [2.45, 2.75) is 340 Å². The smallest absolute Gasteiger partial charge is 0.313 e. The molecular weight excluding hydrogens is 1880 g/mol. The van der Waals surface area contributed by atoms with Gasteiger partial charge in [-0.25, -0.2) is 16.8 Å². The maximum atomic E-state index is 12.9. The van der Waals surface area contributed by atoms with Crippen molar-refractivity contribution >= 4 is 65.9 Å². The van der Waals surface area contributed by atoms with Crippen LogP contribution in [0, 0.1) is 100 Å². The molecule has 24 heteroatoms. The van der Waals surface area contributed by atoms with E-state index in [4.69, 9.17) is 47.4 Å². The van der Waals surface area contributed by atoms with E-state index in [0.29, 0.717) is 35.0 Å². The molecule has 9 atom stereocenters. The zero-order valence-corrected chi connectivity index (χ0v) is 91.7. The van der Waals surface area contributed by atoms with Crippen LogP contribution in [0.3, 0.4) is 0 Å². The summed E-state index contributed by atoms with van der Waals surface area (Å²) in [7, 11) is -0.528. The Balaban J connectivity index is 0.000000151. The number of hydrogen-bond acceptors (Lipinski definition) is 20. The number of carbonyl (C=O) groups is 4. The van der Waals surface area contributed by atoms with Crippen molar-refractivity contribution in [2.24, 2.45) is 86.3 Å². The van der Waals surface area contributed by atoms with Crippen LogP contribution >= 0.6 is 0 Å². The quantitative estimate of drug-likeness (QED) is 0.0124. The first-order valence-electron chi connectivity index (χ1n) is 52.3. The average Bonchev–Trinajstić information content (AvgIpc) is 1.64. The summed E-state index contributed by atoms with van der Waals surface area (Å²) in [5.74, 6) is 10.5. The SMILES string of the molecule is CCC(C)(C)C(=O)OC(CC12CC3CC(CC(C3)C1)C2)OC.CCC(C)(C)C(=O)OC(OCC1CCCCC1)C12CC3CC(CC(C3)C1)C2.CCC(C)(C)C(=O)OC1C2CC3C(=O)OC1C3C2.CCC(C)c1ccc(S(=O)(=O)[O-])cc1.CCC(C)c1ccc(S(=O)(=O)[O-])cc1.COc1cccc([S+](c2cccc(C)c2)c2cccc(OC)c2)c1.COc1cccc([S+](c2cccc(C)c2)c2cccc(OC)c2)c1. The molecule has 1 heterocycles. The van der Waals surface area contributed by atoms with Crippen LogP contribution in [0.1, 0.15) is 285 Å². The van der Waals surface area contributed by atoms with E-state index in [1.165, 1.54) is 174 Å². The summed E-state index contributed by atoms with van der Waals surface area (Å²) in [5, 5.41) is 0. The Morgan fingerprint density at radius 3 is 1.14 bits per heavy atom. The molecule has 8 aromatic carbocycles. The molecule has 0 radical (unpaired) electrons. The highest BCUT2D eigenvalue weighted by Gasteiger charge is 2.64. The van der Waals surface area contributed by atoms with Gasteiger partial charge in [-0.3, -0.25) is 19.2 Å². The Labute approximate surface area is 860 Å². The lowest BCUT2D eigenvalue weighted by Gasteiger charge is -2.58. The van der Waals surface area contributed by atoms with Crippen molar-refractivity contribution in [3.8, 4) is 23.0 Å². The molecule has 0 amide bonds. The van der Waals surface area contributed by atoms with Gasteiger partial charge in [-0.2, -0.15) is 0 Å². The summed E-state index contributed by atoms with van der Waals surface area (Å²) in [6.07, 6.45) is 28.8. The minimum absolute atomic E-state index is 0.0608. The van der Waals surface area contributed by atoms with Gasteiger partial charge in [0.25, 0.3) is 0 Å². The molecule has 1 aliphatic heterocycles. The lowest BCUT2D eigenvalue weighted by Crippen LogP contribution is -2.54. The van der Waals surface area contributed by atoms with E-state index in [1.807, 2.05) is 104 Å². The maximum Gasteiger partial charge on any atom is 0.313 e. The Bertz CT molecular complexity index is 5340. The normalized spacial score (nSPS) is 24.4. The Morgan fingerprint density at radius 1 is 0.448 bits per heavy atom. The van der Waals surface area contributed by atoms with E-state index >= 15 is 0 Å². The van der Waals surface area contributed by atoms with Crippen LogP contribution in [0.15, 0.2) is 233 Å². The summed E-state index contributed by atoms with van der Waals surface area (Å²) < 4.78 is 121. The number of methoxy groups -OCH3 is 5. The van der Waals surface area contributed by atoms with Crippen LogP contribution < -0.4 is 18.9 Å². The van der Waals surface area contributed by atoms with E-state index in [-0.39, 0.29) is 91.6 Å². The van der Waals surface area contributed by atoms with E-state index in [2.05, 4.69) is 146 Å². The first-order chi connectivity index (χ1) is 68.0. The van der Waals surface area contributed by atoms with Gasteiger partial charge in [-0.05, 0) is 368 Å². The highest BCUT2D eigenvalue weighted by Crippen LogP contribution is 2.64. The van der Waals surface area contributed by atoms with Crippen LogP contribution in [-0.2, 0) is 89.6 Å². The fourth-order valence-electron chi connectivity index (χ4n) is 23.4. The standard InChI is InChI=1S/C24H40O3.2C21H21O2S.C19H32O3.C14H20O4.2C10H14O3S/c1-4-23(2,3)21(25)27-22(26-16-17-8-6-5-7-9-17)24-13-18-10-19(14-24)12-20(11-18)15-24;2*1-16-7-4-10-19(13-16)24(20-11-5-8-17(14-20)22-2)21-12-6-9-18(15-21)23-3;1-5-18(2,3)17(20)22-16(21-4)12-19-9-13-6-14(10-19)8-15(7-13)11-19;1-4-14(2,3)13(16)18-10-7-5-8-9(6-7)12(15)17-11(8)10;2*1-3-8(2)9-4-6-10(7-5-9)14(11,12)13/h17-20,22H,4-16H2,1-3H3;2*4-15H,1-3H3;13-16H,5-12H2,1-4H3;7-11H,4-6H2,1-3H3;2*4-8H,3H2,1-2H3,(H,11,12,13)/q;2*+1;;;;/p-2. The van der Waals surface area contributed by atoms with Crippen LogP contribution in [-0.4, -0.2) is 117 Å². The molecule has 10 bridgehead atoms. The summed E-state index contributed by atoms with van der Waals surface area (Å²) in [4.78, 5) is 56.2. The first-order valence-corrected chi connectivity index (χ1v) is 57.6. The predicted molar refractivity (Wildman–Crippen MR) is 562 cm³/mol. The number of ether oxygens (including phenoxy) is 10. The molecule has 8 aromatic rings. The van der Waals surface area contributed by atoms with Crippen molar-refractivity contribution < 1.29 is 92.5 Å². The van der Waals surface area contributed by atoms with Gasteiger partial charge in [0.05, 0.1) is 88.8 Å². The summed E-state index contributed by atoms with van der Waals surface area (Å²) in [6, 6.07) is 62.8. The van der Waals surface area contributed by atoms with Gasteiger partial charge in [0, 0.05) is 55.0 Å². The third-order valence-electron chi connectivity index (χ3n) is 32.5. The molecule has 12 aliphatic rings. The fourth-order valence-corrected chi connectivity index (χ4v) is 28.8. The van der Waals surface area contributed by atoms with E-state index in [1.54, 1.807) is 59.8 Å². The summed E-state index contributed by atoms with van der Waals surface area (Å²) in [6.45, 7) is 31.1. The van der Waals surface area contributed by atoms with Crippen molar-refractivity contribution in [1.82, 2.24) is 0 Å². The molecule has 0 spiro atoms. The number of benzene rings is 8. The Morgan fingerprint density at radius 2 is 0.797 bits per heavy atom. The van der Waals surface area contributed by atoms with Crippen LogP contribution in [0.2, 0.25) is 0 Å². The molecule has 20 rings (SSSR count). The van der Waals surface area contributed by atoms with Crippen LogP contribution in [0.4, 0.5) is 0 Å².